The van der Waals surface area contributed by atoms with Crippen LogP contribution in [0, 0.1) is 6.92 Å². The molecule has 2 aromatic carbocycles. The third-order valence-corrected chi connectivity index (χ3v) is 6.29. The van der Waals surface area contributed by atoms with Crippen LogP contribution in [0.25, 0.3) is 0 Å². The Labute approximate surface area is 183 Å². The second-order valence-corrected chi connectivity index (χ2v) is 8.57. The van der Waals surface area contributed by atoms with Crippen molar-refractivity contribution < 1.29 is 4.79 Å². The van der Waals surface area contributed by atoms with Gasteiger partial charge in [0.2, 0.25) is 0 Å². The number of likely N-dealkylation sites (N-methyl/N-ethyl adjacent to an activating group) is 1. The van der Waals surface area contributed by atoms with Crippen molar-refractivity contribution in [1.82, 2.24) is 14.8 Å². The molecule has 2 aromatic rings. The van der Waals surface area contributed by atoms with E-state index in [4.69, 9.17) is 16.7 Å². The number of aryl methyl sites for hydroxylation is 1. The van der Waals surface area contributed by atoms with E-state index in [0.29, 0.717) is 18.0 Å². The average molecular weight is 425 g/mol. The number of piperazine rings is 1. The average Bonchev–Trinajstić information content (AvgIpc) is 3.20. The van der Waals surface area contributed by atoms with E-state index in [0.717, 1.165) is 49.6 Å². The van der Waals surface area contributed by atoms with Gasteiger partial charge in [0.25, 0.3) is 5.91 Å². The molecule has 2 heterocycles. The predicted molar refractivity (Wildman–Crippen MR) is 122 cm³/mol. The van der Waals surface area contributed by atoms with Crippen LogP contribution in [0.5, 0.6) is 0 Å². The minimum atomic E-state index is -0.0952. The van der Waals surface area contributed by atoms with Crippen molar-refractivity contribution in [2.75, 3.05) is 39.3 Å². The van der Waals surface area contributed by atoms with Gasteiger partial charge in [-0.25, -0.2) is 5.01 Å². The number of hydrogen-bond acceptors (Lipinski definition) is 4. The van der Waals surface area contributed by atoms with E-state index in [1.807, 2.05) is 30.3 Å². The highest BCUT2D eigenvalue weighted by atomic mass is 35.5. The highest BCUT2D eigenvalue weighted by molar-refractivity contribution is 6.30. The zero-order valence-corrected chi connectivity index (χ0v) is 18.5. The lowest BCUT2D eigenvalue weighted by Gasteiger charge is -2.34. The van der Waals surface area contributed by atoms with E-state index in [-0.39, 0.29) is 11.9 Å². The largest absolute Gasteiger partial charge is 0.301 e. The summed E-state index contributed by atoms with van der Waals surface area (Å²) in [5.41, 5.74) is 4.30. The first-order valence-electron chi connectivity index (χ1n) is 10.7. The summed E-state index contributed by atoms with van der Waals surface area (Å²) in [7, 11) is 0. The molecule has 0 unspecified atom stereocenters. The third-order valence-electron chi connectivity index (χ3n) is 6.04. The molecule has 0 saturated carbocycles. The van der Waals surface area contributed by atoms with E-state index in [1.165, 1.54) is 5.56 Å². The van der Waals surface area contributed by atoms with Crippen molar-refractivity contribution in [3.05, 3.63) is 70.2 Å². The van der Waals surface area contributed by atoms with E-state index < -0.39 is 0 Å². The molecule has 0 aromatic heterocycles. The van der Waals surface area contributed by atoms with Crippen LogP contribution in [0.2, 0.25) is 5.02 Å². The summed E-state index contributed by atoms with van der Waals surface area (Å²) < 4.78 is 0. The Bertz CT molecular complexity index is 919. The van der Waals surface area contributed by atoms with E-state index in [1.54, 1.807) is 5.01 Å². The number of amides is 1. The molecular weight excluding hydrogens is 396 g/mol. The normalized spacial score (nSPS) is 20.4. The number of halogens is 1. The molecule has 0 bridgehead atoms. The minimum absolute atomic E-state index is 0.0579. The summed E-state index contributed by atoms with van der Waals surface area (Å²) in [6.45, 7) is 9.62. The molecule has 0 radical (unpaired) electrons. The number of benzene rings is 2. The van der Waals surface area contributed by atoms with Crippen LogP contribution in [-0.2, 0) is 4.79 Å². The first-order valence-corrected chi connectivity index (χ1v) is 11.1. The molecule has 0 spiro atoms. The first-order chi connectivity index (χ1) is 14.5. The van der Waals surface area contributed by atoms with E-state index in [9.17, 15) is 4.79 Å². The summed E-state index contributed by atoms with van der Waals surface area (Å²) in [4.78, 5) is 18.0. The summed E-state index contributed by atoms with van der Waals surface area (Å²) >= 11 is 6.09. The molecule has 158 valence electrons. The van der Waals surface area contributed by atoms with Crippen molar-refractivity contribution in [3.8, 4) is 0 Å². The zero-order valence-electron chi connectivity index (χ0n) is 17.7. The summed E-state index contributed by atoms with van der Waals surface area (Å²) in [6.07, 6.45) is 0.709. The van der Waals surface area contributed by atoms with Crippen LogP contribution >= 0.6 is 11.6 Å². The van der Waals surface area contributed by atoms with Gasteiger partial charge in [-0.3, -0.25) is 9.69 Å². The van der Waals surface area contributed by atoms with Gasteiger partial charge >= 0.3 is 0 Å². The molecule has 1 atom stereocenters. The molecule has 4 rings (SSSR count). The molecule has 30 heavy (non-hydrogen) atoms. The molecule has 2 aliphatic heterocycles. The molecule has 5 nitrogen and oxygen atoms in total. The van der Waals surface area contributed by atoms with Crippen molar-refractivity contribution in [3.63, 3.8) is 0 Å². The highest BCUT2D eigenvalue weighted by Crippen LogP contribution is 2.33. The Kier molecular flexibility index (Phi) is 6.52. The second-order valence-electron chi connectivity index (χ2n) is 8.14. The van der Waals surface area contributed by atoms with Crippen molar-refractivity contribution >= 4 is 23.2 Å². The van der Waals surface area contributed by atoms with Crippen LogP contribution in [0.3, 0.4) is 0 Å². The van der Waals surface area contributed by atoms with Crippen LogP contribution in [-0.4, -0.2) is 65.7 Å². The van der Waals surface area contributed by atoms with Crippen molar-refractivity contribution in [1.29, 1.82) is 0 Å². The van der Waals surface area contributed by atoms with Crippen LogP contribution in [0.1, 0.15) is 36.1 Å². The number of nitrogens with zero attached hydrogens (tertiary/aromatic N) is 4. The van der Waals surface area contributed by atoms with Gasteiger partial charge in [0.1, 0.15) is 0 Å². The second kappa shape index (κ2) is 9.29. The fraction of sp³-hybridized carbons (Fsp3) is 0.417. The lowest BCUT2D eigenvalue weighted by molar-refractivity contribution is -0.134. The Balaban J connectivity index is 1.55. The van der Waals surface area contributed by atoms with Crippen molar-refractivity contribution in [2.24, 2.45) is 5.10 Å². The highest BCUT2D eigenvalue weighted by Gasteiger charge is 2.34. The fourth-order valence-electron chi connectivity index (χ4n) is 4.21. The predicted octanol–water partition coefficient (Wildman–Crippen LogP) is 3.96. The molecular formula is C24H29ClN4O. The Morgan fingerprint density at radius 2 is 1.77 bits per heavy atom. The van der Waals surface area contributed by atoms with Gasteiger partial charge in [-0.2, -0.15) is 5.10 Å². The quantitative estimate of drug-likeness (QED) is 0.729. The fourth-order valence-corrected chi connectivity index (χ4v) is 4.34. The first kappa shape index (κ1) is 21.0. The van der Waals surface area contributed by atoms with Crippen molar-refractivity contribution in [2.45, 2.75) is 26.3 Å². The number of carbonyl (C=O) groups excluding carboxylic acids is 1. The monoisotopic (exact) mass is 424 g/mol. The molecule has 2 aliphatic rings. The van der Waals surface area contributed by atoms with Gasteiger partial charge in [0.15, 0.2) is 0 Å². The molecule has 6 heteroatoms. The van der Waals surface area contributed by atoms with Crippen LogP contribution < -0.4 is 0 Å². The van der Waals surface area contributed by atoms with Gasteiger partial charge in [-0.05, 0) is 36.7 Å². The molecule has 0 N–H and O–H groups in total. The third kappa shape index (κ3) is 4.75. The summed E-state index contributed by atoms with van der Waals surface area (Å²) in [6, 6.07) is 16.0. The van der Waals surface area contributed by atoms with Gasteiger partial charge in [-0.15, -0.1) is 0 Å². The summed E-state index contributed by atoms with van der Waals surface area (Å²) in [5.74, 6) is 0.0579. The number of hydrogen-bond donors (Lipinski definition) is 0. The van der Waals surface area contributed by atoms with Gasteiger partial charge in [0, 0.05) is 37.6 Å². The molecule has 0 aliphatic carbocycles. The SMILES string of the molecule is CCN1CCN(CC(=O)N2N=C(c3cccc(C)c3)C[C@@H]2c2ccc(Cl)cc2)CC1. The van der Waals surface area contributed by atoms with E-state index in [2.05, 4.69) is 41.8 Å². The van der Waals surface area contributed by atoms with Gasteiger partial charge < -0.3 is 4.90 Å². The van der Waals surface area contributed by atoms with Crippen LogP contribution in [0.15, 0.2) is 53.6 Å². The zero-order chi connectivity index (χ0) is 21.1. The molecule has 1 amide bonds. The lowest BCUT2D eigenvalue weighted by atomic mass is 9.97. The molecule has 1 fully saturated rings. The Morgan fingerprint density at radius 1 is 1.07 bits per heavy atom. The smallest absolute Gasteiger partial charge is 0.257 e. The minimum Gasteiger partial charge on any atom is -0.301 e. The van der Waals surface area contributed by atoms with E-state index >= 15 is 0 Å². The lowest BCUT2D eigenvalue weighted by Crippen LogP contribution is -2.49. The van der Waals surface area contributed by atoms with Gasteiger partial charge in [-0.1, -0.05) is 60.5 Å². The number of hydrazone groups is 1. The number of rotatable bonds is 5. The Hall–Kier alpha value is -2.21. The topological polar surface area (TPSA) is 39.1 Å². The standard InChI is InChI=1S/C24H29ClN4O/c1-3-27-11-13-28(14-12-27)17-24(30)29-23(19-7-9-21(25)10-8-19)16-22(26-29)20-6-4-5-18(2)15-20/h4-10,15,23H,3,11-14,16-17H2,1-2H3/t23-/m1/s1. The summed E-state index contributed by atoms with van der Waals surface area (Å²) in [5, 5.41) is 7.21. The van der Waals surface area contributed by atoms with Crippen LogP contribution in [0.4, 0.5) is 0 Å². The number of carbonyl (C=O) groups is 1. The maximum atomic E-state index is 13.3. The van der Waals surface area contributed by atoms with Gasteiger partial charge in [0.05, 0.1) is 18.3 Å². The maximum Gasteiger partial charge on any atom is 0.257 e. The Morgan fingerprint density at radius 3 is 2.43 bits per heavy atom. The molecule has 1 saturated heterocycles. The maximum absolute atomic E-state index is 13.3.